The maximum absolute atomic E-state index is 6.33. The molecule has 0 saturated carbocycles. The number of hydrogen-bond donors (Lipinski definition) is 2. The van der Waals surface area contributed by atoms with Gasteiger partial charge < -0.3 is 10.5 Å². The Morgan fingerprint density at radius 3 is 2.70 bits per heavy atom. The fraction of sp³-hybridized carbons (Fsp3) is 0.192. The van der Waals surface area contributed by atoms with Crippen LogP contribution in [0.2, 0.25) is 0 Å². The molecule has 0 fully saturated rings. The Morgan fingerprint density at radius 1 is 1.06 bits per heavy atom. The van der Waals surface area contributed by atoms with Gasteiger partial charge in [-0.2, -0.15) is 10.2 Å². The first-order chi connectivity index (χ1) is 16.1. The largest absolute Gasteiger partial charge is 0.490 e. The molecule has 7 heteroatoms. The molecular weight excluding hydrogens is 412 g/mol. The first kappa shape index (κ1) is 20.9. The molecule has 33 heavy (non-hydrogen) atoms. The molecule has 0 aliphatic heterocycles. The van der Waals surface area contributed by atoms with Crippen LogP contribution in [-0.4, -0.2) is 37.6 Å². The van der Waals surface area contributed by atoms with E-state index in [1.807, 2.05) is 56.7 Å². The van der Waals surface area contributed by atoms with Gasteiger partial charge in [-0.05, 0) is 42.7 Å². The van der Waals surface area contributed by atoms with E-state index >= 15 is 0 Å². The van der Waals surface area contributed by atoms with Crippen LogP contribution in [0.3, 0.4) is 0 Å². The molecule has 0 unspecified atom stereocenters. The Bertz CT molecular complexity index is 1390. The maximum Gasteiger partial charge on any atom is 0.138 e. The Morgan fingerprint density at radius 2 is 1.91 bits per heavy atom. The second-order valence-corrected chi connectivity index (χ2v) is 8.30. The van der Waals surface area contributed by atoms with Gasteiger partial charge in [0.25, 0.3) is 0 Å². The summed E-state index contributed by atoms with van der Waals surface area (Å²) in [5, 5.41) is 12.8. The number of nitrogens with two attached hydrogens (primary N) is 1. The number of nitrogens with one attached hydrogen (secondary N) is 1. The van der Waals surface area contributed by atoms with Gasteiger partial charge in [0, 0.05) is 35.8 Å². The minimum absolute atomic E-state index is 0.112. The third-order valence-electron chi connectivity index (χ3n) is 5.71. The predicted molar refractivity (Wildman–Crippen MR) is 130 cm³/mol. The molecule has 0 bridgehead atoms. The highest BCUT2D eigenvalue weighted by Crippen LogP contribution is 2.34. The molecule has 0 amide bonds. The van der Waals surface area contributed by atoms with Gasteiger partial charge in [0.1, 0.15) is 12.4 Å². The van der Waals surface area contributed by atoms with E-state index in [2.05, 4.69) is 39.6 Å². The average molecular weight is 439 g/mol. The van der Waals surface area contributed by atoms with Crippen LogP contribution in [0.15, 0.2) is 73.2 Å². The van der Waals surface area contributed by atoms with Crippen molar-refractivity contribution in [1.82, 2.24) is 25.0 Å². The zero-order valence-corrected chi connectivity index (χ0v) is 18.7. The topological polar surface area (TPSA) is 94.6 Å². The molecule has 0 aliphatic carbocycles. The van der Waals surface area contributed by atoms with E-state index in [1.165, 1.54) is 5.56 Å². The summed E-state index contributed by atoms with van der Waals surface area (Å²) in [6.45, 7) is 2.40. The maximum atomic E-state index is 6.33. The van der Waals surface area contributed by atoms with Gasteiger partial charge in [0.2, 0.25) is 0 Å². The summed E-state index contributed by atoms with van der Waals surface area (Å²) in [5.74, 6) is 0.685. The summed E-state index contributed by atoms with van der Waals surface area (Å²) >= 11 is 0. The molecule has 7 nitrogen and oxygen atoms in total. The standard InChI is InChI=1S/C26H26N6O/c1-17-23-11-19(8-9-25(23)31-30-17)24-12-22(14-28-26(24)20-13-29-32(2)15-20)33-16-21(27)10-18-6-4-3-5-7-18/h3-9,11-15,21H,10,16,27H2,1-2H3,(H,30,31)/t21-/m0/s1. The summed E-state index contributed by atoms with van der Waals surface area (Å²) in [7, 11) is 1.90. The molecule has 0 aliphatic rings. The SMILES string of the molecule is Cc1n[nH]c2ccc(-c3cc(OC[C@@H](N)Cc4ccccc4)cnc3-c3cnn(C)c3)cc12. The zero-order valence-electron chi connectivity index (χ0n) is 18.7. The molecule has 2 aromatic carbocycles. The van der Waals surface area contributed by atoms with Crippen molar-refractivity contribution in [3.05, 3.63) is 84.4 Å². The Hall–Kier alpha value is -3.97. The normalized spacial score (nSPS) is 12.2. The summed E-state index contributed by atoms with van der Waals surface area (Å²) in [4.78, 5) is 4.75. The van der Waals surface area contributed by atoms with Crippen LogP contribution in [0.4, 0.5) is 0 Å². The monoisotopic (exact) mass is 438 g/mol. The quantitative estimate of drug-likeness (QED) is 0.395. The number of benzene rings is 2. The number of aromatic amines is 1. The second-order valence-electron chi connectivity index (χ2n) is 8.30. The van der Waals surface area contributed by atoms with E-state index in [9.17, 15) is 0 Å². The Kier molecular flexibility index (Phi) is 5.62. The van der Waals surface area contributed by atoms with Crippen LogP contribution in [0.25, 0.3) is 33.3 Å². The molecule has 5 aromatic rings. The fourth-order valence-electron chi connectivity index (χ4n) is 4.01. The van der Waals surface area contributed by atoms with E-state index in [0.29, 0.717) is 12.4 Å². The number of pyridine rings is 1. The molecule has 1 atom stereocenters. The van der Waals surface area contributed by atoms with Gasteiger partial charge in [-0.15, -0.1) is 0 Å². The number of rotatable bonds is 7. The fourth-order valence-corrected chi connectivity index (χ4v) is 4.01. The van der Waals surface area contributed by atoms with Gasteiger partial charge in [-0.1, -0.05) is 36.4 Å². The van der Waals surface area contributed by atoms with Gasteiger partial charge in [-0.3, -0.25) is 14.8 Å². The number of aryl methyl sites for hydroxylation is 2. The lowest BCUT2D eigenvalue weighted by Crippen LogP contribution is -2.30. The first-order valence-electron chi connectivity index (χ1n) is 10.9. The lowest BCUT2D eigenvalue weighted by molar-refractivity contribution is 0.287. The average Bonchev–Trinajstić information content (AvgIpc) is 3.43. The van der Waals surface area contributed by atoms with Gasteiger partial charge >= 0.3 is 0 Å². The van der Waals surface area contributed by atoms with Crippen LogP contribution in [-0.2, 0) is 13.5 Å². The van der Waals surface area contributed by atoms with Crippen molar-refractivity contribution >= 4 is 10.9 Å². The highest BCUT2D eigenvalue weighted by molar-refractivity contribution is 5.90. The van der Waals surface area contributed by atoms with E-state index in [1.54, 1.807) is 10.9 Å². The third-order valence-corrected chi connectivity index (χ3v) is 5.71. The molecule has 0 saturated heterocycles. The predicted octanol–water partition coefficient (Wildman–Crippen LogP) is 4.28. The number of ether oxygens (including phenoxy) is 1. The Balaban J connectivity index is 1.45. The van der Waals surface area contributed by atoms with Crippen molar-refractivity contribution in [1.29, 1.82) is 0 Å². The highest BCUT2D eigenvalue weighted by atomic mass is 16.5. The van der Waals surface area contributed by atoms with E-state index in [4.69, 9.17) is 15.5 Å². The number of hydrogen-bond acceptors (Lipinski definition) is 5. The van der Waals surface area contributed by atoms with Gasteiger partial charge in [0.15, 0.2) is 0 Å². The van der Waals surface area contributed by atoms with Crippen LogP contribution >= 0.6 is 0 Å². The van der Waals surface area contributed by atoms with Gasteiger partial charge in [-0.25, -0.2) is 0 Å². The van der Waals surface area contributed by atoms with Crippen LogP contribution < -0.4 is 10.5 Å². The van der Waals surface area contributed by atoms with Crippen molar-refractivity contribution in [3.63, 3.8) is 0 Å². The zero-order chi connectivity index (χ0) is 22.8. The minimum atomic E-state index is -0.112. The smallest absolute Gasteiger partial charge is 0.138 e. The van der Waals surface area contributed by atoms with Crippen molar-refractivity contribution < 1.29 is 4.74 Å². The first-order valence-corrected chi connectivity index (χ1v) is 10.9. The molecule has 3 heterocycles. The van der Waals surface area contributed by atoms with E-state index in [-0.39, 0.29) is 6.04 Å². The summed E-state index contributed by atoms with van der Waals surface area (Å²) in [6, 6.07) is 18.4. The molecule has 5 rings (SSSR count). The second kappa shape index (κ2) is 8.88. The summed E-state index contributed by atoms with van der Waals surface area (Å²) < 4.78 is 7.84. The summed E-state index contributed by atoms with van der Waals surface area (Å²) in [6.07, 6.45) is 6.29. The number of fused-ring (bicyclic) bond motifs is 1. The Labute approximate surface area is 192 Å². The minimum Gasteiger partial charge on any atom is -0.490 e. The summed E-state index contributed by atoms with van der Waals surface area (Å²) in [5.41, 5.74) is 13.3. The van der Waals surface area contributed by atoms with E-state index < -0.39 is 0 Å². The highest BCUT2D eigenvalue weighted by Gasteiger charge is 2.15. The lowest BCUT2D eigenvalue weighted by Gasteiger charge is -2.15. The molecule has 0 radical (unpaired) electrons. The van der Waals surface area contributed by atoms with Gasteiger partial charge in [0.05, 0.1) is 29.3 Å². The number of nitrogens with zero attached hydrogens (tertiary/aromatic N) is 4. The van der Waals surface area contributed by atoms with Crippen LogP contribution in [0.1, 0.15) is 11.3 Å². The van der Waals surface area contributed by atoms with Crippen LogP contribution in [0.5, 0.6) is 5.75 Å². The molecular formula is C26H26N6O. The van der Waals surface area contributed by atoms with E-state index in [0.717, 1.165) is 45.4 Å². The van der Waals surface area contributed by atoms with Crippen molar-refractivity contribution in [2.75, 3.05) is 6.61 Å². The molecule has 166 valence electrons. The van der Waals surface area contributed by atoms with Crippen LogP contribution in [0, 0.1) is 6.92 Å². The van der Waals surface area contributed by atoms with Crippen molar-refractivity contribution in [2.24, 2.45) is 12.8 Å². The number of aromatic nitrogens is 5. The molecule has 3 N–H and O–H groups in total. The molecule has 3 aromatic heterocycles. The molecule has 0 spiro atoms. The third kappa shape index (κ3) is 4.49. The lowest BCUT2D eigenvalue weighted by atomic mass is 9.99. The van der Waals surface area contributed by atoms with Crippen molar-refractivity contribution in [2.45, 2.75) is 19.4 Å². The van der Waals surface area contributed by atoms with Crippen molar-refractivity contribution in [3.8, 4) is 28.1 Å². The number of H-pyrrole nitrogens is 1.